The van der Waals surface area contributed by atoms with Crippen LogP contribution in [0.15, 0.2) is 48.5 Å². The van der Waals surface area contributed by atoms with Crippen molar-refractivity contribution in [1.82, 2.24) is 24.5 Å². The SMILES string of the molecule is CC(C)n1c(Cn2nnc3ccccc32)nc2ccccc21. The van der Waals surface area contributed by atoms with Gasteiger partial charge in [0.05, 0.1) is 16.6 Å². The summed E-state index contributed by atoms with van der Waals surface area (Å²) in [6.07, 6.45) is 0. The van der Waals surface area contributed by atoms with Gasteiger partial charge in [0.15, 0.2) is 0 Å². The van der Waals surface area contributed by atoms with E-state index in [9.17, 15) is 0 Å². The zero-order valence-electron chi connectivity index (χ0n) is 12.6. The van der Waals surface area contributed by atoms with E-state index in [4.69, 9.17) is 4.98 Å². The molecule has 0 saturated heterocycles. The molecule has 0 aliphatic rings. The van der Waals surface area contributed by atoms with Crippen LogP contribution in [0, 0.1) is 0 Å². The summed E-state index contributed by atoms with van der Waals surface area (Å²) in [6.45, 7) is 4.97. The Labute approximate surface area is 128 Å². The first-order valence-electron chi connectivity index (χ1n) is 7.48. The largest absolute Gasteiger partial charge is 0.324 e. The third-order valence-corrected chi connectivity index (χ3v) is 3.90. The van der Waals surface area contributed by atoms with Crippen LogP contribution in [0.2, 0.25) is 0 Å². The van der Waals surface area contributed by atoms with Crippen LogP contribution in [-0.4, -0.2) is 24.5 Å². The Hall–Kier alpha value is -2.69. The molecule has 0 aliphatic heterocycles. The fourth-order valence-electron chi connectivity index (χ4n) is 2.95. The van der Waals surface area contributed by atoms with Crippen molar-refractivity contribution in [3.05, 3.63) is 54.4 Å². The molecule has 0 saturated carbocycles. The smallest absolute Gasteiger partial charge is 0.132 e. The van der Waals surface area contributed by atoms with Crippen molar-refractivity contribution >= 4 is 22.1 Å². The summed E-state index contributed by atoms with van der Waals surface area (Å²) < 4.78 is 4.18. The first-order chi connectivity index (χ1) is 10.7. The fourth-order valence-corrected chi connectivity index (χ4v) is 2.95. The van der Waals surface area contributed by atoms with Gasteiger partial charge in [-0.05, 0) is 38.1 Å². The van der Waals surface area contributed by atoms with Gasteiger partial charge in [0.25, 0.3) is 0 Å². The van der Waals surface area contributed by atoms with Crippen molar-refractivity contribution in [3.63, 3.8) is 0 Å². The lowest BCUT2D eigenvalue weighted by molar-refractivity contribution is 0.549. The quantitative estimate of drug-likeness (QED) is 0.581. The van der Waals surface area contributed by atoms with E-state index in [1.807, 2.05) is 35.0 Å². The number of nitrogens with zero attached hydrogens (tertiary/aromatic N) is 5. The molecule has 0 radical (unpaired) electrons. The summed E-state index contributed by atoms with van der Waals surface area (Å²) in [5.74, 6) is 1.01. The molecule has 0 spiro atoms. The minimum Gasteiger partial charge on any atom is -0.324 e. The number of fused-ring (bicyclic) bond motifs is 2. The highest BCUT2D eigenvalue weighted by atomic mass is 15.4. The average Bonchev–Trinajstić information content (AvgIpc) is 3.09. The standard InChI is InChI=1S/C17H17N5/c1-12(2)22-16-10-6-3-7-13(16)18-17(22)11-21-15-9-5-4-8-14(15)19-20-21/h3-10,12H,11H2,1-2H3. The number of para-hydroxylation sites is 3. The van der Waals surface area contributed by atoms with Crippen molar-refractivity contribution in [2.24, 2.45) is 0 Å². The van der Waals surface area contributed by atoms with E-state index in [0.29, 0.717) is 12.6 Å². The van der Waals surface area contributed by atoms with Crippen LogP contribution in [0.25, 0.3) is 22.1 Å². The van der Waals surface area contributed by atoms with E-state index >= 15 is 0 Å². The topological polar surface area (TPSA) is 48.5 Å². The molecule has 22 heavy (non-hydrogen) atoms. The highest BCUT2D eigenvalue weighted by Crippen LogP contribution is 2.22. The van der Waals surface area contributed by atoms with Crippen molar-refractivity contribution in [3.8, 4) is 0 Å². The summed E-state index contributed by atoms with van der Waals surface area (Å²) in [6, 6.07) is 16.6. The Morgan fingerprint density at radius 1 is 0.909 bits per heavy atom. The highest BCUT2D eigenvalue weighted by molar-refractivity contribution is 5.76. The monoisotopic (exact) mass is 291 g/mol. The summed E-state index contributed by atoms with van der Waals surface area (Å²) in [7, 11) is 0. The molecule has 0 fully saturated rings. The van der Waals surface area contributed by atoms with Gasteiger partial charge in [0.2, 0.25) is 0 Å². The summed E-state index contributed by atoms with van der Waals surface area (Å²) in [5.41, 5.74) is 4.13. The van der Waals surface area contributed by atoms with E-state index in [1.165, 1.54) is 0 Å². The van der Waals surface area contributed by atoms with E-state index in [2.05, 4.69) is 46.9 Å². The van der Waals surface area contributed by atoms with Crippen LogP contribution in [0.4, 0.5) is 0 Å². The van der Waals surface area contributed by atoms with Gasteiger partial charge in [0.1, 0.15) is 17.9 Å². The molecule has 5 heteroatoms. The molecule has 110 valence electrons. The van der Waals surface area contributed by atoms with Gasteiger partial charge in [-0.25, -0.2) is 9.67 Å². The molecule has 0 amide bonds. The average molecular weight is 291 g/mol. The van der Waals surface area contributed by atoms with Gasteiger partial charge in [-0.1, -0.05) is 29.5 Å². The number of hydrogen-bond donors (Lipinski definition) is 0. The van der Waals surface area contributed by atoms with Gasteiger partial charge in [0, 0.05) is 6.04 Å². The molecule has 2 aromatic carbocycles. The summed E-state index contributed by atoms with van der Waals surface area (Å²) in [5, 5.41) is 8.49. The number of benzene rings is 2. The van der Waals surface area contributed by atoms with Crippen LogP contribution >= 0.6 is 0 Å². The molecule has 0 unspecified atom stereocenters. The Morgan fingerprint density at radius 2 is 1.59 bits per heavy atom. The maximum Gasteiger partial charge on any atom is 0.132 e. The molecular formula is C17H17N5. The minimum absolute atomic E-state index is 0.345. The molecule has 4 aromatic rings. The minimum atomic E-state index is 0.345. The lowest BCUT2D eigenvalue weighted by Crippen LogP contribution is -2.11. The first-order valence-corrected chi connectivity index (χ1v) is 7.48. The van der Waals surface area contributed by atoms with E-state index in [0.717, 1.165) is 27.9 Å². The fraction of sp³-hybridized carbons (Fsp3) is 0.235. The van der Waals surface area contributed by atoms with Gasteiger partial charge >= 0.3 is 0 Å². The van der Waals surface area contributed by atoms with Crippen molar-refractivity contribution in [2.75, 3.05) is 0 Å². The van der Waals surface area contributed by atoms with Gasteiger partial charge in [-0.15, -0.1) is 5.10 Å². The third-order valence-electron chi connectivity index (χ3n) is 3.90. The van der Waals surface area contributed by atoms with Crippen LogP contribution in [0.1, 0.15) is 25.7 Å². The van der Waals surface area contributed by atoms with E-state index in [-0.39, 0.29) is 0 Å². The zero-order valence-corrected chi connectivity index (χ0v) is 12.6. The molecule has 5 nitrogen and oxygen atoms in total. The second-order valence-electron chi connectivity index (χ2n) is 5.72. The number of rotatable bonds is 3. The van der Waals surface area contributed by atoms with Crippen molar-refractivity contribution in [2.45, 2.75) is 26.4 Å². The van der Waals surface area contributed by atoms with Gasteiger partial charge in [-0.3, -0.25) is 0 Å². The third kappa shape index (κ3) is 1.97. The first kappa shape index (κ1) is 13.0. The lowest BCUT2D eigenvalue weighted by Gasteiger charge is -2.13. The van der Waals surface area contributed by atoms with Crippen LogP contribution < -0.4 is 0 Å². The highest BCUT2D eigenvalue weighted by Gasteiger charge is 2.14. The number of hydrogen-bond acceptors (Lipinski definition) is 3. The Morgan fingerprint density at radius 3 is 2.36 bits per heavy atom. The predicted octanol–water partition coefficient (Wildman–Crippen LogP) is 3.41. The van der Waals surface area contributed by atoms with E-state index in [1.54, 1.807) is 0 Å². The molecule has 4 rings (SSSR count). The molecule has 2 aromatic heterocycles. The molecular weight excluding hydrogens is 274 g/mol. The number of aromatic nitrogens is 5. The van der Waals surface area contributed by atoms with Gasteiger partial charge < -0.3 is 4.57 Å². The molecule has 0 N–H and O–H groups in total. The second-order valence-corrected chi connectivity index (χ2v) is 5.72. The maximum atomic E-state index is 4.79. The van der Waals surface area contributed by atoms with Crippen LogP contribution in [0.5, 0.6) is 0 Å². The Bertz CT molecular complexity index is 948. The van der Waals surface area contributed by atoms with Crippen molar-refractivity contribution < 1.29 is 0 Å². The summed E-state index contributed by atoms with van der Waals surface area (Å²) in [4.78, 5) is 4.79. The Kier molecular flexibility index (Phi) is 2.92. The van der Waals surface area contributed by atoms with E-state index < -0.39 is 0 Å². The molecule has 0 aliphatic carbocycles. The Balaban J connectivity index is 1.86. The van der Waals surface area contributed by atoms with Crippen LogP contribution in [-0.2, 0) is 6.54 Å². The summed E-state index contributed by atoms with van der Waals surface area (Å²) >= 11 is 0. The maximum absolute atomic E-state index is 4.79. The molecule has 0 bridgehead atoms. The second kappa shape index (κ2) is 4.94. The normalized spacial score (nSPS) is 11.8. The van der Waals surface area contributed by atoms with Crippen molar-refractivity contribution in [1.29, 1.82) is 0 Å². The van der Waals surface area contributed by atoms with Gasteiger partial charge in [-0.2, -0.15) is 0 Å². The molecule has 2 heterocycles. The zero-order chi connectivity index (χ0) is 15.1. The number of imidazole rings is 1. The predicted molar refractivity (Wildman–Crippen MR) is 86.7 cm³/mol. The van der Waals surface area contributed by atoms with Crippen LogP contribution in [0.3, 0.4) is 0 Å². The molecule has 0 atom stereocenters. The lowest BCUT2D eigenvalue weighted by atomic mass is 10.3.